The molecule has 4 rings (SSSR count). The zero-order chi connectivity index (χ0) is 22.2. The minimum atomic E-state index is -3.95. The number of amides is 1. The minimum absolute atomic E-state index is 0.117. The predicted molar refractivity (Wildman–Crippen MR) is 110 cm³/mol. The van der Waals surface area contributed by atoms with Crippen molar-refractivity contribution in [2.75, 3.05) is 13.1 Å². The second-order valence-electron chi connectivity index (χ2n) is 7.32. The first-order valence-corrected chi connectivity index (χ1v) is 11.4. The molecule has 31 heavy (non-hydrogen) atoms. The number of rotatable bonds is 5. The molecule has 7 nitrogen and oxygen atoms in total. The predicted octanol–water partition coefficient (Wildman–Crippen LogP) is 2.98. The van der Waals surface area contributed by atoms with Crippen LogP contribution in [0.2, 0.25) is 5.02 Å². The summed E-state index contributed by atoms with van der Waals surface area (Å²) in [6.45, 7) is 0.476. The summed E-state index contributed by atoms with van der Waals surface area (Å²) in [6, 6.07) is 6.00. The van der Waals surface area contributed by atoms with Gasteiger partial charge in [-0.05, 0) is 43.2 Å². The molecule has 1 aromatic carbocycles. The number of imidazole rings is 1. The molecular formula is C20H19ClF2N4O3S. The number of fused-ring (bicyclic) bond motifs is 1. The number of aromatic nitrogens is 2. The molecule has 3 heterocycles. The summed E-state index contributed by atoms with van der Waals surface area (Å²) in [7, 11) is -3.95. The lowest BCUT2D eigenvalue weighted by Crippen LogP contribution is -2.42. The zero-order valence-corrected chi connectivity index (χ0v) is 17.8. The maximum absolute atomic E-state index is 13.4. The zero-order valence-electron chi connectivity index (χ0n) is 16.3. The molecule has 1 saturated heterocycles. The van der Waals surface area contributed by atoms with E-state index in [0.29, 0.717) is 35.3 Å². The van der Waals surface area contributed by atoms with Gasteiger partial charge in [0.2, 0.25) is 15.9 Å². The molecule has 0 bridgehead atoms. The maximum Gasteiger partial charge on any atom is 0.243 e. The largest absolute Gasteiger partial charge is 0.350 e. The van der Waals surface area contributed by atoms with Gasteiger partial charge < -0.3 is 9.72 Å². The van der Waals surface area contributed by atoms with Crippen molar-refractivity contribution in [3.8, 4) is 0 Å². The van der Waals surface area contributed by atoms with E-state index in [2.05, 4.69) is 10.3 Å². The number of carbonyl (C=O) groups is 1. The first kappa shape index (κ1) is 21.7. The lowest BCUT2D eigenvalue weighted by Gasteiger charge is -2.30. The average molecular weight is 469 g/mol. The van der Waals surface area contributed by atoms with E-state index in [-0.39, 0.29) is 36.4 Å². The Bertz CT molecular complexity index is 1240. The van der Waals surface area contributed by atoms with Crippen LogP contribution < -0.4 is 5.32 Å². The van der Waals surface area contributed by atoms with Crippen molar-refractivity contribution >= 4 is 33.2 Å². The molecular weight excluding hydrogens is 450 g/mol. The van der Waals surface area contributed by atoms with Gasteiger partial charge in [0.1, 0.15) is 5.65 Å². The van der Waals surface area contributed by atoms with Gasteiger partial charge in [-0.25, -0.2) is 22.2 Å². The van der Waals surface area contributed by atoms with Crippen LogP contribution in [0.4, 0.5) is 8.78 Å². The molecule has 0 radical (unpaired) electrons. The Kier molecular flexibility index (Phi) is 5.96. The van der Waals surface area contributed by atoms with E-state index in [1.54, 1.807) is 28.9 Å². The highest BCUT2D eigenvalue weighted by Crippen LogP contribution is 2.25. The number of carbonyl (C=O) groups excluding carboxylic acids is 1. The Labute approximate surface area is 182 Å². The quantitative estimate of drug-likeness (QED) is 0.624. The lowest BCUT2D eigenvalue weighted by atomic mass is 9.97. The molecule has 1 aliphatic rings. The number of piperidine rings is 1. The minimum Gasteiger partial charge on any atom is -0.350 e. The molecule has 0 saturated carbocycles. The Morgan fingerprint density at radius 3 is 2.58 bits per heavy atom. The van der Waals surface area contributed by atoms with E-state index < -0.39 is 21.7 Å². The van der Waals surface area contributed by atoms with Crippen molar-refractivity contribution < 1.29 is 22.0 Å². The smallest absolute Gasteiger partial charge is 0.243 e. The molecule has 0 aliphatic carbocycles. The molecule has 1 N–H and O–H groups in total. The van der Waals surface area contributed by atoms with Crippen LogP contribution in [0, 0.1) is 17.6 Å². The maximum atomic E-state index is 13.4. The van der Waals surface area contributed by atoms with Gasteiger partial charge in [0.15, 0.2) is 11.6 Å². The van der Waals surface area contributed by atoms with Crippen molar-refractivity contribution in [2.45, 2.75) is 24.3 Å². The number of pyridine rings is 1. The van der Waals surface area contributed by atoms with E-state index in [4.69, 9.17) is 11.6 Å². The fourth-order valence-corrected chi connectivity index (χ4v) is 5.22. The number of hydrogen-bond acceptors (Lipinski definition) is 4. The summed E-state index contributed by atoms with van der Waals surface area (Å²) >= 11 is 5.95. The van der Waals surface area contributed by atoms with Crippen LogP contribution in [0.25, 0.3) is 5.65 Å². The number of nitrogens with one attached hydrogen (secondary N) is 1. The van der Waals surface area contributed by atoms with Gasteiger partial charge in [-0.2, -0.15) is 4.31 Å². The van der Waals surface area contributed by atoms with Gasteiger partial charge in [-0.3, -0.25) is 4.79 Å². The first-order chi connectivity index (χ1) is 14.7. The van der Waals surface area contributed by atoms with Crippen molar-refractivity contribution in [1.82, 2.24) is 19.0 Å². The van der Waals surface area contributed by atoms with E-state index >= 15 is 0 Å². The Morgan fingerprint density at radius 1 is 1.13 bits per heavy atom. The highest BCUT2D eigenvalue weighted by molar-refractivity contribution is 7.89. The lowest BCUT2D eigenvalue weighted by molar-refractivity contribution is -0.126. The molecule has 1 aliphatic heterocycles. The summed E-state index contributed by atoms with van der Waals surface area (Å²) in [5.74, 6) is -2.85. The van der Waals surface area contributed by atoms with Crippen LogP contribution in [0.3, 0.4) is 0 Å². The van der Waals surface area contributed by atoms with Gasteiger partial charge in [-0.1, -0.05) is 11.6 Å². The third-order valence-electron chi connectivity index (χ3n) is 5.26. The number of hydrogen-bond donors (Lipinski definition) is 1. The topological polar surface area (TPSA) is 83.8 Å². The van der Waals surface area contributed by atoms with E-state index in [0.717, 1.165) is 12.1 Å². The summed E-state index contributed by atoms with van der Waals surface area (Å²) in [4.78, 5) is 16.6. The monoisotopic (exact) mass is 468 g/mol. The van der Waals surface area contributed by atoms with Crippen LogP contribution in [-0.4, -0.2) is 41.1 Å². The van der Waals surface area contributed by atoms with Crippen molar-refractivity contribution in [1.29, 1.82) is 0 Å². The fourth-order valence-electron chi connectivity index (χ4n) is 3.57. The van der Waals surface area contributed by atoms with E-state index in [9.17, 15) is 22.0 Å². The van der Waals surface area contributed by atoms with E-state index in [1.165, 1.54) is 4.31 Å². The Hall–Kier alpha value is -2.56. The highest BCUT2D eigenvalue weighted by atomic mass is 35.5. The van der Waals surface area contributed by atoms with Crippen LogP contribution >= 0.6 is 11.6 Å². The number of benzene rings is 1. The second-order valence-corrected chi connectivity index (χ2v) is 9.69. The van der Waals surface area contributed by atoms with Crippen LogP contribution in [0.15, 0.2) is 47.6 Å². The highest BCUT2D eigenvalue weighted by Gasteiger charge is 2.32. The third kappa shape index (κ3) is 4.56. The van der Waals surface area contributed by atoms with Crippen LogP contribution in [0.5, 0.6) is 0 Å². The van der Waals surface area contributed by atoms with E-state index in [1.807, 2.05) is 0 Å². The molecule has 1 amide bonds. The normalized spacial score (nSPS) is 16.0. The number of sulfonamides is 1. The van der Waals surface area contributed by atoms with Gasteiger partial charge in [0.25, 0.3) is 0 Å². The Balaban J connectivity index is 1.34. The van der Waals surface area contributed by atoms with Gasteiger partial charge in [0.05, 0.1) is 22.2 Å². The molecule has 0 atom stereocenters. The molecule has 3 aromatic rings. The third-order valence-corrected chi connectivity index (χ3v) is 7.38. The molecule has 164 valence electrons. The van der Waals surface area contributed by atoms with Gasteiger partial charge >= 0.3 is 0 Å². The van der Waals surface area contributed by atoms with Gasteiger partial charge in [0, 0.05) is 31.4 Å². The summed E-state index contributed by atoms with van der Waals surface area (Å²) in [5.41, 5.74) is 1.39. The van der Waals surface area contributed by atoms with Crippen LogP contribution in [-0.2, 0) is 21.4 Å². The first-order valence-electron chi connectivity index (χ1n) is 9.60. The summed E-state index contributed by atoms with van der Waals surface area (Å²) in [6.07, 6.45) is 4.15. The summed E-state index contributed by atoms with van der Waals surface area (Å²) < 4.78 is 54.8. The van der Waals surface area contributed by atoms with Crippen molar-refractivity contribution in [3.63, 3.8) is 0 Å². The number of halogens is 3. The van der Waals surface area contributed by atoms with Gasteiger partial charge in [-0.15, -0.1) is 0 Å². The molecule has 0 unspecified atom stereocenters. The summed E-state index contributed by atoms with van der Waals surface area (Å²) in [5, 5.41) is 3.41. The molecule has 2 aromatic heterocycles. The SMILES string of the molecule is O=C(NCc1cn2cc(Cl)ccc2n1)C1CCN(S(=O)(=O)c2ccc(F)c(F)c2)CC1. The molecule has 1 fully saturated rings. The second kappa shape index (κ2) is 8.52. The average Bonchev–Trinajstić information content (AvgIpc) is 3.16. The standard InChI is InChI=1S/C20H19ClF2N4O3S/c21-14-1-4-19-25-15(12-26(19)11-14)10-24-20(28)13-5-7-27(8-6-13)31(29,30)16-2-3-17(22)18(23)9-16/h1-4,9,11-13H,5-8,10H2,(H,24,28). The molecule has 0 spiro atoms. The number of nitrogens with zero attached hydrogens (tertiary/aromatic N) is 3. The fraction of sp³-hybridized carbons (Fsp3) is 0.300. The van der Waals surface area contributed by atoms with Crippen LogP contribution in [0.1, 0.15) is 18.5 Å². The van der Waals surface area contributed by atoms with Crippen molar-refractivity contribution in [3.05, 3.63) is 65.1 Å². The Morgan fingerprint density at radius 2 is 1.87 bits per heavy atom. The molecule has 11 heteroatoms. The van der Waals surface area contributed by atoms with Crippen molar-refractivity contribution in [2.24, 2.45) is 5.92 Å².